The van der Waals surface area contributed by atoms with Gasteiger partial charge in [0.2, 0.25) is 11.8 Å². The van der Waals surface area contributed by atoms with E-state index in [1.54, 1.807) is 5.48 Å². The van der Waals surface area contributed by atoms with Gasteiger partial charge in [0, 0.05) is 37.1 Å². The molecule has 51 heavy (non-hydrogen) atoms. The molecule has 4 N–H and O–H groups in total. The largest absolute Gasteiger partial charge is 0.392 e. The molecule has 3 atom stereocenters. The number of nitrogens with one attached hydrogen (secondary N) is 2. The molecule has 2 amide bonds. The van der Waals surface area contributed by atoms with Gasteiger partial charge < -0.3 is 24.8 Å². The maximum atomic E-state index is 12.8. The van der Waals surface area contributed by atoms with Crippen molar-refractivity contribution in [3.05, 3.63) is 65.2 Å². The minimum atomic E-state index is -0.579. The molecule has 0 bridgehead atoms. The van der Waals surface area contributed by atoms with Gasteiger partial charge in [0.25, 0.3) is 0 Å². The summed E-state index contributed by atoms with van der Waals surface area (Å²) in [6.07, 6.45) is 19.1. The third-order valence-electron chi connectivity index (χ3n) is 9.86. The van der Waals surface area contributed by atoms with Gasteiger partial charge in [0.05, 0.1) is 18.8 Å². The zero-order valence-corrected chi connectivity index (χ0v) is 31.6. The monoisotopic (exact) mass is 710 g/mol. The predicted octanol–water partition coefficient (Wildman–Crippen LogP) is 9.53. The van der Waals surface area contributed by atoms with E-state index in [9.17, 15) is 14.7 Å². The topological polar surface area (TPSA) is 120 Å². The second-order valence-electron chi connectivity index (χ2n) is 14.3. The molecule has 9 heteroatoms. The van der Waals surface area contributed by atoms with Crippen LogP contribution in [-0.4, -0.2) is 52.8 Å². The number of aliphatic hydroxyl groups is 1. The minimum Gasteiger partial charge on any atom is -0.392 e. The molecule has 1 fully saturated rings. The number of benzene rings is 2. The van der Waals surface area contributed by atoms with E-state index in [1.165, 1.54) is 77.0 Å². The van der Waals surface area contributed by atoms with Crippen molar-refractivity contribution in [3.63, 3.8) is 0 Å². The second kappa shape index (κ2) is 26.0. The number of aliphatic hydroxyl groups excluding tert-OH is 1. The van der Waals surface area contributed by atoms with Crippen molar-refractivity contribution in [2.24, 2.45) is 0 Å². The van der Waals surface area contributed by atoms with E-state index in [-0.39, 0.29) is 37.0 Å². The highest BCUT2D eigenvalue weighted by Crippen LogP contribution is 2.39. The number of hydroxylamine groups is 1. The number of amides is 2. The van der Waals surface area contributed by atoms with Crippen LogP contribution in [0.2, 0.25) is 0 Å². The van der Waals surface area contributed by atoms with E-state index in [4.69, 9.17) is 14.7 Å². The van der Waals surface area contributed by atoms with Crippen molar-refractivity contribution in [1.82, 2.24) is 10.4 Å². The lowest BCUT2D eigenvalue weighted by Crippen LogP contribution is -2.40. The van der Waals surface area contributed by atoms with Gasteiger partial charge in [-0.05, 0) is 62.0 Å². The Hall–Kier alpha value is -2.82. The lowest BCUT2D eigenvalue weighted by Gasteiger charge is -2.38. The van der Waals surface area contributed by atoms with Crippen LogP contribution in [0, 0.1) is 0 Å². The molecule has 1 aliphatic rings. The lowest BCUT2D eigenvalue weighted by molar-refractivity contribution is -0.253. The number of carbonyl (C=O) groups excluding carboxylic acids is 2. The molecule has 9 nitrogen and oxygen atoms in total. The SMILES string of the molecule is CCCCCCCCN(CCCCCCCC)CC1CC(c2ccc(CO)cc2)OC(c2cccc(NC(=O)CCCCCCC(=O)NO)c2)O1. The number of hydrogen-bond donors (Lipinski definition) is 4. The zero-order chi connectivity index (χ0) is 36.5. The van der Waals surface area contributed by atoms with Crippen LogP contribution in [0.4, 0.5) is 5.69 Å². The van der Waals surface area contributed by atoms with Crippen LogP contribution in [0.25, 0.3) is 0 Å². The molecule has 1 saturated heterocycles. The Balaban J connectivity index is 1.67. The van der Waals surface area contributed by atoms with Gasteiger partial charge >= 0.3 is 0 Å². The maximum absolute atomic E-state index is 12.8. The van der Waals surface area contributed by atoms with Crippen molar-refractivity contribution in [2.75, 3.05) is 25.0 Å². The first-order valence-electron chi connectivity index (χ1n) is 20.0. The molecular weight excluding hydrogens is 642 g/mol. The number of anilines is 1. The Kier molecular flexibility index (Phi) is 21.7. The summed E-state index contributed by atoms with van der Waals surface area (Å²) >= 11 is 0. The molecule has 1 heterocycles. The van der Waals surface area contributed by atoms with Gasteiger partial charge in [-0.3, -0.25) is 14.8 Å². The summed E-state index contributed by atoms with van der Waals surface area (Å²) < 4.78 is 13.4. The lowest BCUT2D eigenvalue weighted by atomic mass is 9.99. The molecule has 0 saturated carbocycles. The molecule has 0 aromatic heterocycles. The van der Waals surface area contributed by atoms with E-state index in [2.05, 4.69) is 36.2 Å². The van der Waals surface area contributed by atoms with Gasteiger partial charge in [-0.1, -0.05) is 127 Å². The van der Waals surface area contributed by atoms with Gasteiger partial charge in [-0.2, -0.15) is 0 Å². The molecule has 286 valence electrons. The van der Waals surface area contributed by atoms with Crippen LogP contribution >= 0.6 is 0 Å². The van der Waals surface area contributed by atoms with E-state index in [1.807, 2.05) is 36.4 Å². The van der Waals surface area contributed by atoms with Crippen molar-refractivity contribution >= 4 is 17.5 Å². The predicted molar refractivity (Wildman–Crippen MR) is 204 cm³/mol. The zero-order valence-electron chi connectivity index (χ0n) is 31.6. The van der Waals surface area contributed by atoms with Crippen molar-refractivity contribution < 1.29 is 29.4 Å². The van der Waals surface area contributed by atoms with Gasteiger partial charge in [-0.15, -0.1) is 0 Å². The summed E-state index contributed by atoms with van der Waals surface area (Å²) in [6, 6.07) is 15.8. The average molecular weight is 710 g/mol. The standard InChI is InChI=1S/C42H67N3O6/c1-3-5-7-9-13-17-28-45(29-18-14-10-8-6-4-2)32-38-31-39(35-26-24-34(33-46)25-27-35)51-42(50-38)36-20-19-21-37(30-36)43-40(47)22-15-11-12-16-23-41(48)44-49/h19-21,24-27,30,38-39,42,46,49H,3-18,22-23,28-29,31-33H2,1-2H3,(H,43,47)(H,44,48). The third kappa shape index (κ3) is 17.5. The summed E-state index contributed by atoms with van der Waals surface area (Å²) in [7, 11) is 0. The highest BCUT2D eigenvalue weighted by atomic mass is 16.7. The van der Waals surface area contributed by atoms with Crippen LogP contribution in [0.15, 0.2) is 48.5 Å². The van der Waals surface area contributed by atoms with E-state index >= 15 is 0 Å². The second-order valence-corrected chi connectivity index (χ2v) is 14.3. The molecule has 0 spiro atoms. The molecule has 2 aromatic carbocycles. The van der Waals surface area contributed by atoms with Crippen molar-refractivity contribution in [3.8, 4) is 0 Å². The molecular formula is C42H67N3O6. The Morgan fingerprint density at radius 2 is 1.31 bits per heavy atom. The Labute approximate surface area is 307 Å². The summed E-state index contributed by atoms with van der Waals surface area (Å²) in [5.41, 5.74) is 5.18. The van der Waals surface area contributed by atoms with Crippen LogP contribution in [-0.2, 0) is 25.7 Å². The molecule has 0 aliphatic carbocycles. The van der Waals surface area contributed by atoms with Gasteiger partial charge in [-0.25, -0.2) is 5.48 Å². The number of carbonyl (C=O) groups is 2. The Morgan fingerprint density at radius 3 is 1.92 bits per heavy atom. The molecule has 3 unspecified atom stereocenters. The summed E-state index contributed by atoms with van der Waals surface area (Å²) in [5, 5.41) is 21.3. The molecule has 1 aliphatic heterocycles. The minimum absolute atomic E-state index is 0.00781. The first-order valence-corrected chi connectivity index (χ1v) is 20.0. The maximum Gasteiger partial charge on any atom is 0.243 e. The summed E-state index contributed by atoms with van der Waals surface area (Å²) in [4.78, 5) is 26.6. The average Bonchev–Trinajstić information content (AvgIpc) is 3.15. The normalized spacial score (nSPS) is 17.5. The smallest absolute Gasteiger partial charge is 0.243 e. The number of nitrogens with zero attached hydrogens (tertiary/aromatic N) is 1. The van der Waals surface area contributed by atoms with Crippen LogP contribution < -0.4 is 10.8 Å². The molecule has 0 radical (unpaired) electrons. The van der Waals surface area contributed by atoms with E-state index in [0.29, 0.717) is 18.5 Å². The number of hydrogen-bond acceptors (Lipinski definition) is 7. The van der Waals surface area contributed by atoms with Crippen molar-refractivity contribution in [1.29, 1.82) is 0 Å². The molecule has 2 aromatic rings. The first kappa shape index (κ1) is 42.6. The van der Waals surface area contributed by atoms with E-state index in [0.717, 1.165) is 62.0 Å². The number of unbranched alkanes of at least 4 members (excludes halogenated alkanes) is 13. The van der Waals surface area contributed by atoms with Crippen LogP contribution in [0.1, 0.15) is 165 Å². The summed E-state index contributed by atoms with van der Waals surface area (Å²) in [6.45, 7) is 7.57. The Morgan fingerprint density at radius 1 is 0.725 bits per heavy atom. The summed E-state index contributed by atoms with van der Waals surface area (Å²) in [5.74, 6) is -0.431. The van der Waals surface area contributed by atoms with Gasteiger partial charge in [0.15, 0.2) is 6.29 Å². The highest BCUT2D eigenvalue weighted by Gasteiger charge is 2.33. The number of ether oxygens (including phenoxy) is 2. The van der Waals surface area contributed by atoms with Crippen molar-refractivity contribution in [2.45, 2.75) is 161 Å². The quantitative estimate of drug-likeness (QED) is 0.0414. The van der Waals surface area contributed by atoms with Gasteiger partial charge in [0.1, 0.15) is 0 Å². The van der Waals surface area contributed by atoms with Crippen LogP contribution in [0.3, 0.4) is 0 Å². The van der Waals surface area contributed by atoms with E-state index < -0.39 is 6.29 Å². The fourth-order valence-corrected chi connectivity index (χ4v) is 6.81. The third-order valence-corrected chi connectivity index (χ3v) is 9.86. The number of rotatable bonds is 27. The fraction of sp³-hybridized carbons (Fsp3) is 0.667. The fourth-order valence-electron chi connectivity index (χ4n) is 6.81. The van der Waals surface area contributed by atoms with Crippen LogP contribution in [0.5, 0.6) is 0 Å². The highest BCUT2D eigenvalue weighted by molar-refractivity contribution is 5.90. The first-order chi connectivity index (χ1) is 24.9. The Bertz CT molecular complexity index is 1210. The molecule has 3 rings (SSSR count).